The van der Waals surface area contributed by atoms with Crippen LogP contribution in [0.4, 0.5) is 5.69 Å². The van der Waals surface area contributed by atoms with Crippen LogP contribution in [0.3, 0.4) is 0 Å². The average molecular weight is 358 g/mol. The van der Waals surface area contributed by atoms with E-state index >= 15 is 0 Å². The number of anilines is 1. The van der Waals surface area contributed by atoms with Crippen LogP contribution in [-0.2, 0) is 13.0 Å². The fourth-order valence-electron chi connectivity index (χ4n) is 3.11. The van der Waals surface area contributed by atoms with Crippen molar-refractivity contribution < 1.29 is 0 Å². The smallest absolute Gasteiger partial charge is 0.191 e. The van der Waals surface area contributed by atoms with Gasteiger partial charge in [-0.15, -0.1) is 11.3 Å². The van der Waals surface area contributed by atoms with E-state index in [1.807, 2.05) is 13.2 Å². The number of guanidine groups is 1. The van der Waals surface area contributed by atoms with Gasteiger partial charge < -0.3 is 15.5 Å². The summed E-state index contributed by atoms with van der Waals surface area (Å²) in [5.41, 5.74) is 1.30. The highest BCUT2D eigenvalue weighted by Gasteiger charge is 2.20. The van der Waals surface area contributed by atoms with Gasteiger partial charge in [0.05, 0.1) is 6.54 Å². The molecule has 0 radical (unpaired) electrons. The molecule has 1 aromatic carbocycles. The first-order valence-electron chi connectivity index (χ1n) is 8.99. The highest BCUT2D eigenvalue weighted by molar-refractivity contribution is 7.11. The molecule has 2 aromatic rings. The molecule has 1 aromatic heterocycles. The largest absolute Gasteiger partial charge is 0.369 e. The lowest BCUT2D eigenvalue weighted by Crippen LogP contribution is -2.51. The molecular weight excluding hydrogens is 330 g/mol. The van der Waals surface area contributed by atoms with E-state index in [0.717, 1.165) is 37.0 Å². The number of hydrogen-bond donors (Lipinski definition) is 2. The monoisotopic (exact) mass is 357 g/mol. The molecule has 25 heavy (non-hydrogen) atoms. The molecule has 5 nitrogen and oxygen atoms in total. The van der Waals surface area contributed by atoms with Crippen molar-refractivity contribution in [2.24, 2.45) is 4.99 Å². The zero-order chi connectivity index (χ0) is 17.5. The zero-order valence-electron chi connectivity index (χ0n) is 15.0. The van der Waals surface area contributed by atoms with E-state index in [1.54, 1.807) is 11.3 Å². The number of rotatable bonds is 5. The molecule has 1 fully saturated rings. The van der Waals surface area contributed by atoms with Crippen LogP contribution in [0.15, 0.2) is 41.5 Å². The van der Waals surface area contributed by atoms with Crippen molar-refractivity contribution >= 4 is 23.0 Å². The molecule has 1 aliphatic rings. The second-order valence-electron chi connectivity index (χ2n) is 6.26. The number of nitrogens with zero attached hydrogens (tertiary/aromatic N) is 3. The van der Waals surface area contributed by atoms with Crippen LogP contribution in [0, 0.1) is 0 Å². The molecule has 2 N–H and O–H groups in total. The molecule has 0 amide bonds. The van der Waals surface area contributed by atoms with Gasteiger partial charge in [0.15, 0.2) is 5.96 Å². The van der Waals surface area contributed by atoms with Crippen LogP contribution in [0.2, 0.25) is 0 Å². The van der Waals surface area contributed by atoms with Crippen LogP contribution < -0.4 is 15.5 Å². The standard InChI is InChI=1S/C19H27N5S/c1-3-17-12-21-18(25-17)13-22-19(20-2)23-15-8-7-11-24(14-15)16-9-5-4-6-10-16/h4-6,9-10,12,15H,3,7-8,11,13-14H2,1-2H3,(H2,20,22,23). The fraction of sp³-hybridized carbons (Fsp3) is 0.474. The van der Waals surface area contributed by atoms with E-state index in [4.69, 9.17) is 0 Å². The molecule has 3 rings (SSSR count). The summed E-state index contributed by atoms with van der Waals surface area (Å²) in [5, 5.41) is 8.07. The SMILES string of the molecule is CCc1cnc(CNC(=NC)NC2CCCN(c3ccccc3)C2)s1. The number of aryl methyl sites for hydroxylation is 1. The van der Waals surface area contributed by atoms with Crippen molar-refractivity contribution in [3.05, 3.63) is 46.4 Å². The lowest BCUT2D eigenvalue weighted by molar-refractivity contribution is 0.468. The van der Waals surface area contributed by atoms with Crippen LogP contribution in [0.25, 0.3) is 0 Å². The molecule has 134 valence electrons. The molecule has 0 aliphatic carbocycles. The highest BCUT2D eigenvalue weighted by Crippen LogP contribution is 2.19. The van der Waals surface area contributed by atoms with Gasteiger partial charge in [0.25, 0.3) is 0 Å². The van der Waals surface area contributed by atoms with Gasteiger partial charge in [-0.25, -0.2) is 4.98 Å². The summed E-state index contributed by atoms with van der Waals surface area (Å²) in [5.74, 6) is 0.855. The Bertz CT molecular complexity index is 682. The predicted molar refractivity (Wildman–Crippen MR) is 107 cm³/mol. The lowest BCUT2D eigenvalue weighted by atomic mass is 10.1. The Hall–Kier alpha value is -2.08. The fourth-order valence-corrected chi connectivity index (χ4v) is 3.91. The Morgan fingerprint density at radius 2 is 2.20 bits per heavy atom. The third-order valence-electron chi connectivity index (χ3n) is 4.46. The van der Waals surface area contributed by atoms with Gasteiger partial charge in [-0.2, -0.15) is 0 Å². The molecule has 1 unspecified atom stereocenters. The topological polar surface area (TPSA) is 52.6 Å². The van der Waals surface area contributed by atoms with Crippen molar-refractivity contribution in [2.75, 3.05) is 25.0 Å². The molecule has 6 heteroatoms. The van der Waals surface area contributed by atoms with Gasteiger partial charge >= 0.3 is 0 Å². The number of benzene rings is 1. The molecular formula is C19H27N5S. The van der Waals surface area contributed by atoms with Crippen LogP contribution in [0.1, 0.15) is 29.7 Å². The first-order valence-corrected chi connectivity index (χ1v) is 9.81. The third-order valence-corrected chi connectivity index (χ3v) is 5.61. The molecule has 0 spiro atoms. The number of para-hydroxylation sites is 1. The number of hydrogen-bond acceptors (Lipinski definition) is 4. The van der Waals surface area contributed by atoms with E-state index < -0.39 is 0 Å². The number of aliphatic imine (C=N–C) groups is 1. The van der Waals surface area contributed by atoms with E-state index in [9.17, 15) is 0 Å². The number of piperidine rings is 1. The Morgan fingerprint density at radius 3 is 2.92 bits per heavy atom. The number of thiazole rings is 1. The summed E-state index contributed by atoms with van der Waals surface area (Å²) in [6.07, 6.45) is 5.37. The van der Waals surface area contributed by atoms with E-state index in [1.165, 1.54) is 23.4 Å². The van der Waals surface area contributed by atoms with E-state index in [-0.39, 0.29) is 0 Å². The van der Waals surface area contributed by atoms with Crippen LogP contribution in [0.5, 0.6) is 0 Å². The van der Waals surface area contributed by atoms with Crippen molar-refractivity contribution in [3.63, 3.8) is 0 Å². The average Bonchev–Trinajstić information content (AvgIpc) is 3.14. The third kappa shape index (κ3) is 4.95. The summed E-state index contributed by atoms with van der Waals surface area (Å²) in [6, 6.07) is 11.0. The lowest BCUT2D eigenvalue weighted by Gasteiger charge is -2.35. The number of aromatic nitrogens is 1. The molecule has 1 aliphatic heterocycles. The van der Waals surface area contributed by atoms with Gasteiger partial charge in [0.1, 0.15) is 5.01 Å². The summed E-state index contributed by atoms with van der Waals surface area (Å²) >= 11 is 1.76. The Kier molecular flexibility index (Phi) is 6.28. The minimum absolute atomic E-state index is 0.405. The maximum absolute atomic E-state index is 4.46. The predicted octanol–water partition coefficient (Wildman–Crippen LogP) is 3.04. The van der Waals surface area contributed by atoms with Gasteiger partial charge in [-0.05, 0) is 31.4 Å². The maximum Gasteiger partial charge on any atom is 0.191 e. The normalized spacial score (nSPS) is 18.2. The Balaban J connectivity index is 1.52. The molecule has 1 saturated heterocycles. The summed E-state index contributed by atoms with van der Waals surface area (Å²) in [6.45, 7) is 5.00. The summed E-state index contributed by atoms with van der Waals surface area (Å²) < 4.78 is 0. The molecule has 0 bridgehead atoms. The van der Waals surface area contributed by atoms with Crippen molar-refractivity contribution in [3.8, 4) is 0 Å². The summed E-state index contributed by atoms with van der Waals surface area (Å²) in [7, 11) is 1.83. The van der Waals surface area contributed by atoms with Gasteiger partial charge in [0.2, 0.25) is 0 Å². The van der Waals surface area contributed by atoms with Gasteiger partial charge in [0, 0.05) is 42.9 Å². The van der Waals surface area contributed by atoms with E-state index in [0.29, 0.717) is 6.04 Å². The quantitative estimate of drug-likeness (QED) is 0.638. The summed E-state index contributed by atoms with van der Waals surface area (Å²) in [4.78, 5) is 12.6. The molecule has 0 saturated carbocycles. The first kappa shape index (κ1) is 17.7. The number of nitrogens with one attached hydrogen (secondary N) is 2. The maximum atomic E-state index is 4.46. The Labute approximate surface area is 154 Å². The highest BCUT2D eigenvalue weighted by atomic mass is 32.1. The van der Waals surface area contributed by atoms with Gasteiger partial charge in [-0.3, -0.25) is 4.99 Å². The molecule has 1 atom stereocenters. The van der Waals surface area contributed by atoms with Crippen molar-refractivity contribution in [2.45, 2.75) is 38.8 Å². The Morgan fingerprint density at radius 1 is 1.36 bits per heavy atom. The minimum Gasteiger partial charge on any atom is -0.369 e. The second kappa shape index (κ2) is 8.85. The minimum atomic E-state index is 0.405. The van der Waals surface area contributed by atoms with Crippen molar-refractivity contribution in [1.29, 1.82) is 0 Å². The van der Waals surface area contributed by atoms with Crippen LogP contribution in [-0.4, -0.2) is 37.1 Å². The zero-order valence-corrected chi connectivity index (χ0v) is 15.9. The second-order valence-corrected chi connectivity index (χ2v) is 7.46. The van der Waals surface area contributed by atoms with Crippen LogP contribution >= 0.6 is 11.3 Å². The van der Waals surface area contributed by atoms with E-state index in [2.05, 4.69) is 62.8 Å². The van der Waals surface area contributed by atoms with Gasteiger partial charge in [-0.1, -0.05) is 25.1 Å². The van der Waals surface area contributed by atoms with Crippen molar-refractivity contribution in [1.82, 2.24) is 15.6 Å². The molecule has 2 heterocycles. The first-order chi connectivity index (χ1) is 12.3.